The average molecular weight is 533 g/mol. The van der Waals surface area contributed by atoms with Crippen LogP contribution in [0.25, 0.3) is 11.6 Å². The number of carbonyl (C=O) groups is 2. The molecule has 3 heterocycles. The monoisotopic (exact) mass is 532 g/mol. The quantitative estimate of drug-likeness (QED) is 0.337. The summed E-state index contributed by atoms with van der Waals surface area (Å²) in [6, 6.07) is 12.6. The van der Waals surface area contributed by atoms with Gasteiger partial charge in [-0.1, -0.05) is 43.0 Å². The van der Waals surface area contributed by atoms with Gasteiger partial charge >= 0.3 is 0 Å². The Balaban J connectivity index is 1.49. The number of nitrogens with zero attached hydrogens (tertiary/aromatic N) is 5. The van der Waals surface area contributed by atoms with Crippen molar-refractivity contribution >= 4 is 28.8 Å². The van der Waals surface area contributed by atoms with Gasteiger partial charge in [-0.3, -0.25) is 14.5 Å². The van der Waals surface area contributed by atoms with Crippen molar-refractivity contribution in [2.24, 2.45) is 0 Å². The van der Waals surface area contributed by atoms with E-state index in [-0.39, 0.29) is 24.4 Å². The third-order valence-corrected chi connectivity index (χ3v) is 7.77. The molecule has 1 aromatic carbocycles. The minimum Gasteiger partial charge on any atom is -0.458 e. The SMILES string of the molecule is Cc1ccc(N(C(=O)Cn2nnc(-c3ccc(C)o3)n2)C(C(=O)NC2CCCCC2)c2cccs2)c(C)c1. The zero-order valence-corrected chi connectivity index (χ0v) is 22.7. The first-order valence-electron chi connectivity index (χ1n) is 13.0. The van der Waals surface area contributed by atoms with E-state index >= 15 is 0 Å². The van der Waals surface area contributed by atoms with Crippen LogP contribution in [0.15, 0.2) is 52.3 Å². The van der Waals surface area contributed by atoms with Gasteiger partial charge in [-0.25, -0.2) is 0 Å². The van der Waals surface area contributed by atoms with E-state index in [2.05, 4.69) is 20.7 Å². The van der Waals surface area contributed by atoms with Crippen molar-refractivity contribution in [2.45, 2.75) is 71.5 Å². The number of amides is 2. The summed E-state index contributed by atoms with van der Waals surface area (Å²) >= 11 is 1.46. The molecule has 198 valence electrons. The molecule has 1 unspecified atom stereocenters. The van der Waals surface area contributed by atoms with Gasteiger partial charge in [-0.15, -0.1) is 21.5 Å². The minimum absolute atomic E-state index is 0.117. The highest BCUT2D eigenvalue weighted by molar-refractivity contribution is 7.10. The molecule has 10 heteroatoms. The van der Waals surface area contributed by atoms with Crippen LogP contribution >= 0.6 is 11.3 Å². The first kappa shape index (κ1) is 25.8. The van der Waals surface area contributed by atoms with Gasteiger partial charge in [-0.05, 0) is 74.0 Å². The van der Waals surface area contributed by atoms with Crippen LogP contribution in [-0.2, 0) is 16.1 Å². The van der Waals surface area contributed by atoms with E-state index in [4.69, 9.17) is 4.42 Å². The molecule has 1 aliphatic carbocycles. The summed E-state index contributed by atoms with van der Waals surface area (Å²) in [7, 11) is 0. The van der Waals surface area contributed by atoms with Gasteiger partial charge in [0, 0.05) is 16.6 Å². The normalized spacial score (nSPS) is 14.8. The van der Waals surface area contributed by atoms with E-state index in [1.165, 1.54) is 22.6 Å². The number of nitrogens with one attached hydrogen (secondary N) is 1. The number of aromatic nitrogens is 4. The second kappa shape index (κ2) is 11.3. The molecular weight excluding hydrogens is 500 g/mol. The fourth-order valence-electron chi connectivity index (χ4n) is 5.00. The van der Waals surface area contributed by atoms with Gasteiger partial charge in [0.25, 0.3) is 5.91 Å². The number of carbonyl (C=O) groups excluding carboxylic acids is 2. The number of hydrogen-bond donors (Lipinski definition) is 1. The Morgan fingerprint density at radius 1 is 1.13 bits per heavy atom. The third kappa shape index (κ3) is 5.70. The average Bonchev–Trinajstić information content (AvgIpc) is 3.66. The standard InChI is InChI=1S/C28H32N6O3S/c1-18-11-13-22(19(2)16-18)34(25(35)17-33-31-27(30-32-33)23-14-12-20(3)37-23)26(24-10-7-15-38-24)28(36)29-21-8-5-4-6-9-21/h7,10-16,21,26H,4-6,8-9,17H2,1-3H3,(H,29,36). The molecule has 1 aliphatic rings. The lowest BCUT2D eigenvalue weighted by atomic mass is 9.95. The molecule has 0 bridgehead atoms. The third-order valence-electron chi connectivity index (χ3n) is 6.84. The van der Waals surface area contributed by atoms with Crippen LogP contribution < -0.4 is 10.2 Å². The number of thiophene rings is 1. The molecule has 1 atom stereocenters. The molecule has 1 N–H and O–H groups in total. The lowest BCUT2D eigenvalue weighted by molar-refractivity contribution is -0.127. The minimum atomic E-state index is -0.818. The van der Waals surface area contributed by atoms with Gasteiger partial charge in [0.15, 0.2) is 5.76 Å². The number of tetrazole rings is 1. The van der Waals surface area contributed by atoms with Crippen molar-refractivity contribution in [3.63, 3.8) is 0 Å². The van der Waals surface area contributed by atoms with Gasteiger partial charge in [0.1, 0.15) is 18.3 Å². The molecule has 0 radical (unpaired) electrons. The largest absolute Gasteiger partial charge is 0.458 e. The molecule has 0 aliphatic heterocycles. The number of hydrogen-bond acceptors (Lipinski definition) is 7. The fraction of sp³-hybridized carbons (Fsp3) is 0.393. The van der Waals surface area contributed by atoms with Crippen LogP contribution in [0.3, 0.4) is 0 Å². The molecule has 3 aromatic heterocycles. The van der Waals surface area contributed by atoms with Crippen molar-refractivity contribution in [3.05, 3.63) is 69.6 Å². The topological polar surface area (TPSA) is 106 Å². The Morgan fingerprint density at radius 3 is 2.63 bits per heavy atom. The Labute approximate surface area is 225 Å². The summed E-state index contributed by atoms with van der Waals surface area (Å²) in [6.45, 7) is 5.62. The van der Waals surface area contributed by atoms with Crippen LogP contribution in [0.5, 0.6) is 0 Å². The smallest absolute Gasteiger partial charge is 0.251 e. The highest BCUT2D eigenvalue weighted by Crippen LogP contribution is 2.34. The van der Waals surface area contributed by atoms with Gasteiger partial charge < -0.3 is 9.73 Å². The Hall–Kier alpha value is -3.79. The van der Waals surface area contributed by atoms with Crippen LogP contribution in [-0.4, -0.2) is 38.1 Å². The molecule has 9 nitrogen and oxygen atoms in total. The Bertz CT molecular complexity index is 1400. The summed E-state index contributed by atoms with van der Waals surface area (Å²) in [5.41, 5.74) is 2.66. The summed E-state index contributed by atoms with van der Waals surface area (Å²) in [6.07, 6.45) is 5.31. The lowest BCUT2D eigenvalue weighted by Gasteiger charge is -2.33. The van der Waals surface area contributed by atoms with Crippen LogP contribution in [0.1, 0.15) is 59.9 Å². The molecule has 1 saturated carbocycles. The van der Waals surface area contributed by atoms with Crippen molar-refractivity contribution in [2.75, 3.05) is 4.90 Å². The number of rotatable bonds is 8. The van der Waals surface area contributed by atoms with Crippen molar-refractivity contribution in [1.82, 2.24) is 25.5 Å². The van der Waals surface area contributed by atoms with Crippen molar-refractivity contribution in [3.8, 4) is 11.6 Å². The molecule has 5 rings (SSSR count). The Morgan fingerprint density at radius 2 is 1.95 bits per heavy atom. The van der Waals surface area contributed by atoms with E-state index in [0.717, 1.165) is 47.4 Å². The van der Waals surface area contributed by atoms with Gasteiger partial charge in [0.2, 0.25) is 11.7 Å². The molecule has 38 heavy (non-hydrogen) atoms. The zero-order valence-electron chi connectivity index (χ0n) is 21.9. The summed E-state index contributed by atoms with van der Waals surface area (Å²) < 4.78 is 5.60. The second-order valence-electron chi connectivity index (χ2n) is 9.87. The van der Waals surface area contributed by atoms with E-state index in [1.807, 2.05) is 62.5 Å². The van der Waals surface area contributed by atoms with Crippen LogP contribution in [0.2, 0.25) is 0 Å². The zero-order chi connectivity index (χ0) is 26.6. The summed E-state index contributed by atoms with van der Waals surface area (Å²) in [5, 5.41) is 17.7. The molecule has 0 saturated heterocycles. The number of benzene rings is 1. The first-order chi connectivity index (χ1) is 18.4. The highest BCUT2D eigenvalue weighted by atomic mass is 32.1. The second-order valence-corrected chi connectivity index (χ2v) is 10.8. The molecule has 0 spiro atoms. The maximum Gasteiger partial charge on any atom is 0.251 e. The lowest BCUT2D eigenvalue weighted by Crippen LogP contribution is -2.48. The number of furan rings is 1. The van der Waals surface area contributed by atoms with E-state index in [0.29, 0.717) is 17.3 Å². The van der Waals surface area contributed by atoms with E-state index in [1.54, 1.807) is 11.0 Å². The van der Waals surface area contributed by atoms with Crippen molar-refractivity contribution in [1.29, 1.82) is 0 Å². The predicted octanol–water partition coefficient (Wildman–Crippen LogP) is 5.14. The molecule has 4 aromatic rings. The van der Waals surface area contributed by atoms with E-state index in [9.17, 15) is 9.59 Å². The van der Waals surface area contributed by atoms with Crippen LogP contribution in [0.4, 0.5) is 5.69 Å². The van der Waals surface area contributed by atoms with Gasteiger partial charge in [-0.2, -0.15) is 4.80 Å². The Kier molecular flexibility index (Phi) is 7.69. The summed E-state index contributed by atoms with van der Waals surface area (Å²) in [5.74, 6) is 1.03. The van der Waals surface area contributed by atoms with Crippen molar-refractivity contribution < 1.29 is 14.0 Å². The molecular formula is C28H32N6O3S. The number of aryl methyl sites for hydroxylation is 3. The van der Waals surface area contributed by atoms with E-state index < -0.39 is 6.04 Å². The highest BCUT2D eigenvalue weighted by Gasteiger charge is 2.36. The number of anilines is 1. The van der Waals surface area contributed by atoms with Crippen LogP contribution in [0, 0.1) is 20.8 Å². The maximum atomic E-state index is 14.0. The first-order valence-corrected chi connectivity index (χ1v) is 13.8. The van der Waals surface area contributed by atoms with Gasteiger partial charge in [0.05, 0.1) is 0 Å². The maximum absolute atomic E-state index is 14.0. The fourth-order valence-corrected chi connectivity index (χ4v) is 5.81. The molecule has 2 amide bonds. The molecule has 1 fully saturated rings. The summed E-state index contributed by atoms with van der Waals surface area (Å²) in [4.78, 5) is 31.6. The predicted molar refractivity (Wildman–Crippen MR) is 146 cm³/mol.